The lowest BCUT2D eigenvalue weighted by Gasteiger charge is -2.38. The third-order valence-corrected chi connectivity index (χ3v) is 4.57. The van der Waals surface area contributed by atoms with E-state index in [-0.39, 0.29) is 17.2 Å². The second-order valence-corrected chi connectivity index (χ2v) is 6.16. The quantitative estimate of drug-likeness (QED) is 0.810. The first-order valence-corrected chi connectivity index (χ1v) is 8.68. The highest BCUT2D eigenvalue weighted by atomic mass is 16.5. The number of carbonyl (C=O) groups excluding carboxylic acids is 1. The molecule has 27 heavy (non-hydrogen) atoms. The first-order chi connectivity index (χ1) is 13.0. The number of carbonyl (C=O) groups is 2. The fraction of sp³-hybridized carbons (Fsp3) is 0.300. The van der Waals surface area contributed by atoms with Gasteiger partial charge in [0.25, 0.3) is 5.91 Å². The van der Waals surface area contributed by atoms with E-state index in [9.17, 15) is 14.7 Å². The molecule has 7 nitrogen and oxygen atoms in total. The van der Waals surface area contributed by atoms with Crippen LogP contribution in [0.1, 0.15) is 45.8 Å². The van der Waals surface area contributed by atoms with E-state index < -0.39 is 12.1 Å². The van der Waals surface area contributed by atoms with Crippen LogP contribution in [0.25, 0.3) is 0 Å². The minimum Gasteiger partial charge on any atom is -0.493 e. The molecule has 1 atom stereocenters. The Morgan fingerprint density at radius 2 is 1.93 bits per heavy atom. The largest absolute Gasteiger partial charge is 0.493 e. The van der Waals surface area contributed by atoms with Crippen molar-refractivity contribution in [3.63, 3.8) is 0 Å². The van der Waals surface area contributed by atoms with Crippen LogP contribution in [0.5, 0.6) is 11.5 Å². The third-order valence-electron chi connectivity index (χ3n) is 4.57. The van der Waals surface area contributed by atoms with E-state index in [0.717, 1.165) is 6.42 Å². The summed E-state index contributed by atoms with van der Waals surface area (Å²) >= 11 is 0. The average molecular weight is 370 g/mol. The smallest absolute Gasteiger partial charge is 0.340 e. The summed E-state index contributed by atoms with van der Waals surface area (Å²) in [4.78, 5) is 26.7. The van der Waals surface area contributed by atoms with E-state index in [1.807, 2.05) is 25.1 Å². The molecule has 2 aromatic carbocycles. The van der Waals surface area contributed by atoms with Crippen LogP contribution in [-0.4, -0.2) is 42.6 Å². The monoisotopic (exact) mass is 370 g/mol. The summed E-state index contributed by atoms with van der Waals surface area (Å²) in [7, 11) is 2.85. The molecule has 3 rings (SSSR count). The normalized spacial score (nSPS) is 15.7. The molecular formula is C20H22N2O5. The van der Waals surface area contributed by atoms with Crippen LogP contribution in [0, 0.1) is 0 Å². The summed E-state index contributed by atoms with van der Waals surface area (Å²) in [5.74, 6) is -0.831. The Bertz CT molecular complexity index is 881. The van der Waals surface area contributed by atoms with E-state index in [1.165, 1.54) is 14.2 Å². The number of nitrogens with zero attached hydrogens (tertiary/aromatic N) is 1. The second-order valence-electron chi connectivity index (χ2n) is 6.16. The Balaban J connectivity index is 2.19. The molecule has 0 saturated carbocycles. The van der Waals surface area contributed by atoms with Gasteiger partial charge in [-0.15, -0.1) is 0 Å². The zero-order valence-electron chi connectivity index (χ0n) is 15.5. The number of aromatic carboxylic acids is 1. The Kier molecular flexibility index (Phi) is 5.21. The molecule has 0 fully saturated rings. The lowest BCUT2D eigenvalue weighted by atomic mass is 9.98. The highest BCUT2D eigenvalue weighted by Gasteiger charge is 2.36. The Morgan fingerprint density at radius 3 is 2.56 bits per heavy atom. The Morgan fingerprint density at radius 1 is 1.19 bits per heavy atom. The topological polar surface area (TPSA) is 88.1 Å². The molecule has 7 heteroatoms. The zero-order valence-corrected chi connectivity index (χ0v) is 15.5. The first kappa shape index (κ1) is 18.6. The van der Waals surface area contributed by atoms with Crippen molar-refractivity contribution in [2.24, 2.45) is 0 Å². The van der Waals surface area contributed by atoms with Crippen molar-refractivity contribution < 1.29 is 24.2 Å². The predicted molar refractivity (Wildman–Crippen MR) is 101 cm³/mol. The fourth-order valence-corrected chi connectivity index (χ4v) is 3.40. The van der Waals surface area contributed by atoms with Crippen molar-refractivity contribution >= 4 is 17.6 Å². The molecule has 0 bridgehead atoms. The van der Waals surface area contributed by atoms with Gasteiger partial charge in [-0.05, 0) is 24.6 Å². The van der Waals surface area contributed by atoms with E-state index in [0.29, 0.717) is 29.1 Å². The Hall–Kier alpha value is -3.22. The number of rotatable bonds is 6. The number of hydrogen-bond acceptors (Lipinski definition) is 5. The summed E-state index contributed by atoms with van der Waals surface area (Å²) in [6, 6.07) is 10.5. The van der Waals surface area contributed by atoms with E-state index >= 15 is 0 Å². The number of hydrogen-bond donors (Lipinski definition) is 2. The van der Waals surface area contributed by atoms with Gasteiger partial charge in [-0.25, -0.2) is 4.79 Å². The first-order valence-electron chi connectivity index (χ1n) is 8.68. The van der Waals surface area contributed by atoms with Crippen molar-refractivity contribution in [3.8, 4) is 11.5 Å². The number of amides is 1. The number of methoxy groups -OCH3 is 2. The van der Waals surface area contributed by atoms with E-state index in [4.69, 9.17) is 9.47 Å². The van der Waals surface area contributed by atoms with Crippen molar-refractivity contribution in [2.45, 2.75) is 19.5 Å². The number of nitrogens with one attached hydrogen (secondary N) is 1. The molecule has 0 saturated heterocycles. The summed E-state index contributed by atoms with van der Waals surface area (Å²) in [6.45, 7) is 2.45. The summed E-state index contributed by atoms with van der Waals surface area (Å²) < 4.78 is 10.5. The fourth-order valence-electron chi connectivity index (χ4n) is 3.40. The number of anilines is 1. The van der Waals surface area contributed by atoms with Crippen LogP contribution in [-0.2, 0) is 0 Å². The van der Waals surface area contributed by atoms with Gasteiger partial charge in [-0.1, -0.05) is 25.1 Å². The molecule has 0 aliphatic carbocycles. The van der Waals surface area contributed by atoms with Crippen molar-refractivity contribution in [3.05, 3.63) is 53.1 Å². The standard InChI is InChI=1S/C20H22N2O5/c1-4-11-22-18(21-14-8-6-5-7-12(14)19(22)23)13-9-10-15(26-2)17(27-3)16(13)20(24)25/h5-10,18,21H,4,11H2,1-3H3,(H,24,25)/t18-/m1/s1. The maximum absolute atomic E-state index is 13.0. The maximum Gasteiger partial charge on any atom is 0.340 e. The minimum atomic E-state index is -1.15. The lowest BCUT2D eigenvalue weighted by molar-refractivity contribution is 0.0651. The average Bonchev–Trinajstić information content (AvgIpc) is 2.68. The van der Waals surface area contributed by atoms with Gasteiger partial charge in [-0.2, -0.15) is 0 Å². The SMILES string of the molecule is CCCN1C(=O)c2ccccc2N[C@H]1c1ccc(OC)c(OC)c1C(=O)O. The molecule has 1 heterocycles. The Labute approximate surface area is 157 Å². The molecule has 0 radical (unpaired) electrons. The van der Waals surface area contributed by atoms with Crippen LogP contribution >= 0.6 is 0 Å². The number of fused-ring (bicyclic) bond motifs is 1. The second kappa shape index (κ2) is 7.57. The number of para-hydroxylation sites is 1. The number of benzene rings is 2. The molecule has 2 N–H and O–H groups in total. The molecule has 2 aromatic rings. The summed E-state index contributed by atoms with van der Waals surface area (Å²) in [6.07, 6.45) is 0.111. The van der Waals surface area contributed by atoms with E-state index in [1.54, 1.807) is 23.1 Å². The molecule has 1 aliphatic heterocycles. The zero-order chi connectivity index (χ0) is 19.6. The van der Waals surface area contributed by atoms with Gasteiger partial charge in [0.2, 0.25) is 0 Å². The highest BCUT2D eigenvalue weighted by Crippen LogP contribution is 2.40. The van der Waals surface area contributed by atoms with Gasteiger partial charge in [0.15, 0.2) is 11.5 Å². The van der Waals surface area contributed by atoms with Crippen LogP contribution in [0.3, 0.4) is 0 Å². The van der Waals surface area contributed by atoms with Crippen molar-refractivity contribution in [2.75, 3.05) is 26.1 Å². The van der Waals surface area contributed by atoms with Gasteiger partial charge in [0.1, 0.15) is 11.7 Å². The maximum atomic E-state index is 13.0. The lowest BCUT2D eigenvalue weighted by Crippen LogP contribution is -2.43. The number of carboxylic acid groups (broad SMARTS) is 1. The molecule has 0 aromatic heterocycles. The number of ether oxygens (including phenoxy) is 2. The highest BCUT2D eigenvalue weighted by molar-refractivity contribution is 6.02. The molecule has 0 spiro atoms. The van der Waals surface area contributed by atoms with Crippen LogP contribution in [0.4, 0.5) is 5.69 Å². The predicted octanol–water partition coefficient (Wildman–Crippen LogP) is 3.38. The van der Waals surface area contributed by atoms with Crippen LogP contribution < -0.4 is 14.8 Å². The molecule has 1 amide bonds. The molecule has 0 unspecified atom stereocenters. The van der Waals surface area contributed by atoms with Gasteiger partial charge >= 0.3 is 5.97 Å². The third kappa shape index (κ3) is 3.16. The van der Waals surface area contributed by atoms with Crippen molar-refractivity contribution in [1.82, 2.24) is 4.90 Å². The summed E-state index contributed by atoms with van der Waals surface area (Å²) in [5.41, 5.74) is 1.66. The van der Waals surface area contributed by atoms with Crippen LogP contribution in [0.15, 0.2) is 36.4 Å². The van der Waals surface area contributed by atoms with Gasteiger partial charge < -0.3 is 24.8 Å². The summed E-state index contributed by atoms with van der Waals surface area (Å²) in [5, 5.41) is 13.1. The molecule has 1 aliphatic rings. The van der Waals surface area contributed by atoms with Gasteiger partial charge in [0, 0.05) is 17.8 Å². The minimum absolute atomic E-state index is 0.0253. The molecular weight excluding hydrogens is 348 g/mol. The van der Waals surface area contributed by atoms with E-state index in [2.05, 4.69) is 5.32 Å². The van der Waals surface area contributed by atoms with Crippen molar-refractivity contribution in [1.29, 1.82) is 0 Å². The molecule has 142 valence electrons. The van der Waals surface area contributed by atoms with Gasteiger partial charge in [0.05, 0.1) is 19.8 Å². The van der Waals surface area contributed by atoms with Crippen LogP contribution in [0.2, 0.25) is 0 Å². The van der Waals surface area contributed by atoms with Gasteiger partial charge in [-0.3, -0.25) is 4.79 Å². The number of carboxylic acids is 1.